The third-order valence-corrected chi connectivity index (χ3v) is 3.41. The maximum atomic E-state index is 8.77. The zero-order chi connectivity index (χ0) is 14.8. The van der Waals surface area contributed by atoms with Gasteiger partial charge in [-0.25, -0.2) is 0 Å². The Morgan fingerprint density at radius 1 is 1.30 bits per heavy atom. The number of halogens is 1. The van der Waals surface area contributed by atoms with Crippen molar-refractivity contribution in [2.45, 2.75) is 19.8 Å². The summed E-state index contributed by atoms with van der Waals surface area (Å²) >= 11 is 6.17. The van der Waals surface area contributed by atoms with E-state index in [2.05, 4.69) is 22.6 Å². The number of aliphatic hydroxyl groups is 1. The van der Waals surface area contributed by atoms with Crippen molar-refractivity contribution in [1.29, 1.82) is 0 Å². The van der Waals surface area contributed by atoms with Gasteiger partial charge < -0.3 is 20.7 Å². The van der Waals surface area contributed by atoms with E-state index in [9.17, 15) is 0 Å². The molecular weight excluding hydrogens is 276 g/mol. The van der Waals surface area contributed by atoms with Gasteiger partial charge in [-0.1, -0.05) is 24.9 Å². The van der Waals surface area contributed by atoms with Crippen LogP contribution in [0.4, 0.5) is 11.4 Å². The molecule has 0 aliphatic heterocycles. The number of rotatable bonds is 10. The van der Waals surface area contributed by atoms with Crippen molar-refractivity contribution >= 4 is 23.0 Å². The lowest BCUT2D eigenvalue weighted by Crippen LogP contribution is -2.34. The first-order valence-corrected chi connectivity index (χ1v) is 7.43. The maximum Gasteiger partial charge on any atom is 0.0673 e. The summed E-state index contributed by atoms with van der Waals surface area (Å²) in [5.74, 6) is 5.39. The van der Waals surface area contributed by atoms with Gasteiger partial charge in [0.2, 0.25) is 0 Å². The zero-order valence-corrected chi connectivity index (χ0v) is 12.8. The Labute approximate surface area is 126 Å². The number of nitrogen functional groups attached to an aromatic ring is 1. The molecule has 1 aromatic carbocycles. The van der Waals surface area contributed by atoms with E-state index in [1.54, 1.807) is 0 Å². The Kier molecular flexibility index (Phi) is 8.37. The van der Waals surface area contributed by atoms with E-state index >= 15 is 0 Å². The quantitative estimate of drug-likeness (QED) is 0.301. The van der Waals surface area contributed by atoms with Crippen LogP contribution in [0, 0.1) is 0 Å². The molecule has 114 valence electrons. The molecule has 0 aromatic heterocycles. The summed E-state index contributed by atoms with van der Waals surface area (Å²) in [7, 11) is 0. The van der Waals surface area contributed by atoms with E-state index in [1.165, 1.54) is 0 Å². The predicted octanol–water partition coefficient (Wildman–Crippen LogP) is 1.81. The number of nitrogens with zero attached hydrogens (tertiary/aromatic N) is 1. The summed E-state index contributed by atoms with van der Waals surface area (Å²) in [6.07, 6.45) is 2.28. The average molecular weight is 301 g/mol. The molecule has 0 radical (unpaired) electrons. The normalized spacial score (nSPS) is 10.6. The molecule has 0 amide bonds. The number of hydrogen-bond acceptors (Lipinski definition) is 5. The van der Waals surface area contributed by atoms with E-state index < -0.39 is 0 Å². The Bertz CT molecular complexity index is 389. The van der Waals surface area contributed by atoms with Gasteiger partial charge >= 0.3 is 0 Å². The van der Waals surface area contributed by atoms with E-state index in [1.807, 2.05) is 18.2 Å². The first-order valence-electron chi connectivity index (χ1n) is 7.05. The van der Waals surface area contributed by atoms with Crippen LogP contribution in [0.3, 0.4) is 0 Å². The third-order valence-electron chi connectivity index (χ3n) is 3.10. The summed E-state index contributed by atoms with van der Waals surface area (Å²) < 4.78 is 0. The van der Waals surface area contributed by atoms with E-state index in [0.29, 0.717) is 11.6 Å². The van der Waals surface area contributed by atoms with Crippen LogP contribution in [0.5, 0.6) is 0 Å². The highest BCUT2D eigenvalue weighted by Crippen LogP contribution is 2.27. The SMILES string of the molecule is CCCCN(CCNCCO)c1ccc(NN)c(Cl)c1. The highest BCUT2D eigenvalue weighted by molar-refractivity contribution is 6.33. The Morgan fingerprint density at radius 3 is 2.70 bits per heavy atom. The number of benzene rings is 1. The number of hydrogen-bond donors (Lipinski definition) is 4. The fraction of sp³-hybridized carbons (Fsp3) is 0.571. The van der Waals surface area contributed by atoms with Crippen molar-refractivity contribution in [3.8, 4) is 0 Å². The van der Waals surface area contributed by atoms with E-state index in [4.69, 9.17) is 22.6 Å². The van der Waals surface area contributed by atoms with Gasteiger partial charge in [-0.3, -0.25) is 5.84 Å². The molecule has 5 N–H and O–H groups in total. The van der Waals surface area contributed by atoms with Crippen LogP contribution < -0.4 is 21.5 Å². The van der Waals surface area contributed by atoms with Crippen LogP contribution in [0.1, 0.15) is 19.8 Å². The highest BCUT2D eigenvalue weighted by atomic mass is 35.5. The second-order valence-electron chi connectivity index (χ2n) is 4.62. The summed E-state index contributed by atoms with van der Waals surface area (Å²) in [6.45, 7) is 5.67. The molecule has 20 heavy (non-hydrogen) atoms. The molecule has 5 nitrogen and oxygen atoms in total. The van der Waals surface area contributed by atoms with Gasteiger partial charge in [-0.2, -0.15) is 0 Å². The molecule has 0 saturated carbocycles. The van der Waals surface area contributed by atoms with Crippen LogP contribution >= 0.6 is 11.6 Å². The molecule has 0 aliphatic carbocycles. The van der Waals surface area contributed by atoms with Gasteiger partial charge in [0, 0.05) is 31.9 Å². The van der Waals surface area contributed by atoms with Crippen LogP contribution in [0.25, 0.3) is 0 Å². The van der Waals surface area contributed by atoms with E-state index in [0.717, 1.165) is 43.9 Å². The molecule has 1 aromatic rings. The average Bonchev–Trinajstić information content (AvgIpc) is 2.46. The van der Waals surface area contributed by atoms with Gasteiger partial charge in [0.15, 0.2) is 0 Å². The number of hydrazine groups is 1. The monoisotopic (exact) mass is 300 g/mol. The predicted molar refractivity (Wildman–Crippen MR) is 86.3 cm³/mol. The summed E-state index contributed by atoms with van der Waals surface area (Å²) in [4.78, 5) is 2.29. The Balaban J connectivity index is 2.68. The second kappa shape index (κ2) is 9.83. The molecule has 0 heterocycles. The number of unbranched alkanes of at least 4 members (excludes halogenated alkanes) is 1. The fourth-order valence-corrected chi connectivity index (χ4v) is 2.18. The van der Waals surface area contributed by atoms with Gasteiger partial charge in [0.05, 0.1) is 17.3 Å². The van der Waals surface area contributed by atoms with Gasteiger partial charge in [0.1, 0.15) is 0 Å². The number of nitrogens with two attached hydrogens (primary N) is 1. The lowest BCUT2D eigenvalue weighted by molar-refractivity contribution is 0.293. The molecule has 6 heteroatoms. The summed E-state index contributed by atoms with van der Waals surface area (Å²) in [5, 5.41) is 12.6. The number of nitrogens with one attached hydrogen (secondary N) is 2. The van der Waals surface area contributed by atoms with Crippen LogP contribution in [0.2, 0.25) is 5.02 Å². The molecule has 0 saturated heterocycles. The molecular formula is C14H25ClN4O. The minimum atomic E-state index is 0.164. The Morgan fingerprint density at radius 2 is 2.10 bits per heavy atom. The first-order chi connectivity index (χ1) is 9.72. The van der Waals surface area contributed by atoms with Crippen LogP contribution in [-0.4, -0.2) is 37.9 Å². The maximum absolute atomic E-state index is 8.77. The lowest BCUT2D eigenvalue weighted by atomic mass is 10.2. The first kappa shape index (κ1) is 17.0. The van der Waals surface area contributed by atoms with Gasteiger partial charge in [-0.15, -0.1) is 0 Å². The molecule has 0 bridgehead atoms. The summed E-state index contributed by atoms with van der Waals surface area (Å²) in [5.41, 5.74) is 4.39. The topological polar surface area (TPSA) is 73.5 Å². The molecule has 0 spiro atoms. The minimum Gasteiger partial charge on any atom is -0.395 e. The molecule has 0 atom stereocenters. The minimum absolute atomic E-state index is 0.164. The largest absolute Gasteiger partial charge is 0.395 e. The fourth-order valence-electron chi connectivity index (χ4n) is 1.95. The molecule has 1 rings (SSSR count). The van der Waals surface area contributed by atoms with Crippen molar-refractivity contribution in [2.75, 3.05) is 43.1 Å². The van der Waals surface area contributed by atoms with Crippen LogP contribution in [-0.2, 0) is 0 Å². The van der Waals surface area contributed by atoms with Crippen LogP contribution in [0.15, 0.2) is 18.2 Å². The lowest BCUT2D eigenvalue weighted by Gasteiger charge is -2.25. The van der Waals surface area contributed by atoms with Crippen molar-refractivity contribution < 1.29 is 5.11 Å². The number of aliphatic hydroxyl groups excluding tert-OH is 1. The molecule has 0 fully saturated rings. The van der Waals surface area contributed by atoms with Crippen molar-refractivity contribution in [3.63, 3.8) is 0 Å². The molecule has 0 aliphatic rings. The van der Waals surface area contributed by atoms with E-state index in [-0.39, 0.29) is 6.61 Å². The summed E-state index contributed by atoms with van der Waals surface area (Å²) in [6, 6.07) is 5.83. The second-order valence-corrected chi connectivity index (χ2v) is 5.03. The van der Waals surface area contributed by atoms with Gasteiger partial charge in [-0.05, 0) is 24.6 Å². The Hall–Kier alpha value is -1.01. The highest BCUT2D eigenvalue weighted by Gasteiger charge is 2.08. The third kappa shape index (κ3) is 5.54. The van der Waals surface area contributed by atoms with Crippen molar-refractivity contribution in [1.82, 2.24) is 5.32 Å². The zero-order valence-electron chi connectivity index (χ0n) is 12.0. The smallest absolute Gasteiger partial charge is 0.0673 e. The standard InChI is InChI=1S/C14H25ClN4O/c1-2-3-8-19(9-6-17-7-10-20)12-4-5-14(18-16)13(15)11-12/h4-5,11,17-18,20H,2-3,6-10,16H2,1H3. The van der Waals surface area contributed by atoms with Crippen molar-refractivity contribution in [3.05, 3.63) is 23.2 Å². The van der Waals surface area contributed by atoms with Crippen molar-refractivity contribution in [2.24, 2.45) is 5.84 Å². The van der Waals surface area contributed by atoms with Gasteiger partial charge in [0.25, 0.3) is 0 Å². The number of anilines is 2. The molecule has 0 unspecified atom stereocenters.